The summed E-state index contributed by atoms with van der Waals surface area (Å²) in [4.78, 5) is 9.07. The molecule has 0 aliphatic rings. The molecular weight excluding hydrogens is 459 g/mol. The number of hydrogen-bond acceptors (Lipinski definition) is 2. The van der Waals surface area contributed by atoms with Crippen molar-refractivity contribution in [1.82, 2.24) is 9.97 Å². The molecule has 0 saturated carbocycles. The lowest BCUT2D eigenvalue weighted by atomic mass is 9.95. The van der Waals surface area contributed by atoms with Crippen molar-refractivity contribution in [3.8, 4) is 22.3 Å². The van der Waals surface area contributed by atoms with E-state index in [4.69, 9.17) is 0 Å². The van der Waals surface area contributed by atoms with Crippen molar-refractivity contribution in [2.75, 3.05) is 0 Å². The van der Waals surface area contributed by atoms with Gasteiger partial charge in [-0.15, -0.1) is 0 Å². The number of alkyl halides is 5. The Labute approximate surface area is 198 Å². The zero-order valence-electron chi connectivity index (χ0n) is 18.6. The molecule has 0 radical (unpaired) electrons. The predicted molar refractivity (Wildman–Crippen MR) is 127 cm³/mol. The molecule has 0 saturated heterocycles. The van der Waals surface area contributed by atoms with E-state index in [0.29, 0.717) is 11.0 Å². The molecule has 5 aromatic rings. The van der Waals surface area contributed by atoms with E-state index in [1.54, 1.807) is 36.7 Å². The summed E-state index contributed by atoms with van der Waals surface area (Å²) in [7, 11) is 0. The first-order valence-electron chi connectivity index (χ1n) is 10.9. The maximum absolute atomic E-state index is 13.6. The van der Waals surface area contributed by atoms with Crippen molar-refractivity contribution >= 4 is 21.8 Å². The Morgan fingerprint density at radius 1 is 0.600 bits per heavy atom. The van der Waals surface area contributed by atoms with Crippen LogP contribution in [-0.2, 0) is 12.3 Å². The molecule has 7 heteroatoms. The van der Waals surface area contributed by atoms with E-state index in [2.05, 4.69) is 9.97 Å². The number of halogens is 5. The van der Waals surface area contributed by atoms with Crippen LogP contribution in [0.15, 0.2) is 85.2 Å². The van der Waals surface area contributed by atoms with E-state index in [1.807, 2.05) is 24.3 Å². The highest BCUT2D eigenvalue weighted by atomic mass is 19.4. The number of hydrogen-bond donors (Lipinski definition) is 0. The molecule has 2 aromatic heterocycles. The second-order valence-corrected chi connectivity index (χ2v) is 8.53. The fourth-order valence-electron chi connectivity index (χ4n) is 4.31. The number of aromatic nitrogens is 2. The average Bonchev–Trinajstić information content (AvgIpc) is 2.82. The van der Waals surface area contributed by atoms with Gasteiger partial charge in [-0.1, -0.05) is 60.7 Å². The highest BCUT2D eigenvalue weighted by Gasteiger charge is 2.27. The normalized spacial score (nSPS) is 12.4. The fraction of sp³-hybridized carbons (Fsp3) is 0.143. The van der Waals surface area contributed by atoms with Gasteiger partial charge in [-0.05, 0) is 39.9 Å². The predicted octanol–water partition coefficient (Wildman–Crippen LogP) is 8.33. The quantitative estimate of drug-likeness (QED) is 0.192. The Morgan fingerprint density at radius 2 is 1.06 bits per heavy atom. The second kappa shape index (κ2) is 8.41. The highest BCUT2D eigenvalue weighted by molar-refractivity contribution is 6.11. The largest absolute Gasteiger partial charge is 0.393 e. The lowest BCUT2D eigenvalue weighted by Gasteiger charge is -2.13. The van der Waals surface area contributed by atoms with Crippen LogP contribution in [0.25, 0.3) is 44.1 Å². The Kier molecular flexibility index (Phi) is 5.50. The first-order valence-corrected chi connectivity index (χ1v) is 10.9. The van der Waals surface area contributed by atoms with E-state index >= 15 is 0 Å². The summed E-state index contributed by atoms with van der Waals surface area (Å²) in [6.45, 7) is 0.864. The van der Waals surface area contributed by atoms with Gasteiger partial charge in [-0.3, -0.25) is 9.97 Å². The van der Waals surface area contributed by atoms with Crippen LogP contribution in [-0.4, -0.2) is 16.1 Å². The minimum absolute atomic E-state index is 0.0578. The zero-order chi connectivity index (χ0) is 24.8. The minimum atomic E-state index is -4.26. The van der Waals surface area contributed by atoms with Gasteiger partial charge in [0.25, 0.3) is 5.92 Å². The lowest BCUT2D eigenvalue weighted by Crippen LogP contribution is -2.11. The van der Waals surface area contributed by atoms with E-state index in [0.717, 1.165) is 39.9 Å². The van der Waals surface area contributed by atoms with E-state index in [-0.39, 0.29) is 11.1 Å². The Hall–Kier alpha value is -3.87. The number of benzene rings is 3. The summed E-state index contributed by atoms with van der Waals surface area (Å²) in [5.74, 6) is -2.92. The molecule has 0 aliphatic heterocycles. The van der Waals surface area contributed by atoms with Crippen LogP contribution in [0.1, 0.15) is 18.1 Å². The van der Waals surface area contributed by atoms with Gasteiger partial charge in [0.05, 0.1) is 17.5 Å². The van der Waals surface area contributed by atoms with Crippen LogP contribution in [0, 0.1) is 0 Å². The molecule has 0 unspecified atom stereocenters. The van der Waals surface area contributed by atoms with Crippen LogP contribution >= 0.6 is 0 Å². The van der Waals surface area contributed by atoms with Gasteiger partial charge in [0, 0.05) is 35.7 Å². The third-order valence-corrected chi connectivity index (χ3v) is 5.99. The van der Waals surface area contributed by atoms with E-state index in [9.17, 15) is 22.0 Å². The number of fused-ring (bicyclic) bond motifs is 3. The van der Waals surface area contributed by atoms with E-state index in [1.165, 1.54) is 24.3 Å². The summed E-state index contributed by atoms with van der Waals surface area (Å²) in [6, 6.07) is 19.9. The summed E-state index contributed by atoms with van der Waals surface area (Å²) >= 11 is 0. The Balaban J connectivity index is 1.59. The van der Waals surface area contributed by atoms with Gasteiger partial charge in [0.15, 0.2) is 0 Å². The van der Waals surface area contributed by atoms with Crippen LogP contribution in [0.3, 0.4) is 0 Å². The Bertz CT molecular complexity index is 1520. The highest BCUT2D eigenvalue weighted by Crippen LogP contribution is 2.36. The van der Waals surface area contributed by atoms with Crippen LogP contribution in [0.2, 0.25) is 0 Å². The third-order valence-electron chi connectivity index (χ3n) is 5.99. The van der Waals surface area contributed by atoms with E-state index < -0.39 is 18.5 Å². The summed E-state index contributed by atoms with van der Waals surface area (Å²) in [6.07, 6.45) is -1.93. The van der Waals surface area contributed by atoms with Crippen LogP contribution in [0.4, 0.5) is 22.0 Å². The van der Waals surface area contributed by atoms with Crippen LogP contribution < -0.4 is 0 Å². The van der Waals surface area contributed by atoms with Gasteiger partial charge in [0.2, 0.25) is 0 Å². The van der Waals surface area contributed by atoms with Crippen molar-refractivity contribution in [1.29, 1.82) is 0 Å². The zero-order valence-corrected chi connectivity index (χ0v) is 18.6. The van der Waals surface area contributed by atoms with Gasteiger partial charge >= 0.3 is 6.18 Å². The maximum Gasteiger partial charge on any atom is 0.393 e. The molecule has 176 valence electrons. The van der Waals surface area contributed by atoms with Crippen LogP contribution in [0.5, 0.6) is 0 Å². The molecule has 2 heterocycles. The summed E-state index contributed by atoms with van der Waals surface area (Å²) in [5, 5.41) is 1.63. The second-order valence-electron chi connectivity index (χ2n) is 8.53. The molecule has 0 bridgehead atoms. The van der Waals surface area contributed by atoms with Gasteiger partial charge in [0.1, 0.15) is 0 Å². The fourth-order valence-corrected chi connectivity index (χ4v) is 4.31. The summed E-state index contributed by atoms with van der Waals surface area (Å²) < 4.78 is 65.3. The first kappa shape index (κ1) is 22.9. The molecular formula is C28H19F5N2. The number of nitrogens with zero attached hydrogens (tertiary/aromatic N) is 2. The van der Waals surface area contributed by atoms with Crippen molar-refractivity contribution in [3.63, 3.8) is 0 Å². The SMILES string of the molecule is CC(F)(F)c1ccc(-c2ccnc3c2ccc2c(-c4ccc(CC(F)(F)F)cc4)ccnc23)cc1. The van der Waals surface area contributed by atoms with Crippen molar-refractivity contribution < 1.29 is 22.0 Å². The Morgan fingerprint density at radius 3 is 1.49 bits per heavy atom. The maximum atomic E-state index is 13.6. The number of pyridine rings is 2. The topological polar surface area (TPSA) is 25.8 Å². The summed E-state index contributed by atoms with van der Waals surface area (Å²) in [5.41, 5.74) is 4.67. The van der Waals surface area contributed by atoms with Crippen molar-refractivity contribution in [2.45, 2.75) is 25.4 Å². The average molecular weight is 478 g/mol. The van der Waals surface area contributed by atoms with Crippen molar-refractivity contribution in [2.24, 2.45) is 0 Å². The first-order chi connectivity index (χ1) is 16.6. The molecule has 0 amide bonds. The molecule has 5 rings (SSSR count). The smallest absolute Gasteiger partial charge is 0.254 e. The molecule has 2 nitrogen and oxygen atoms in total. The van der Waals surface area contributed by atoms with Gasteiger partial charge < -0.3 is 0 Å². The molecule has 0 N–H and O–H groups in total. The molecule has 3 aromatic carbocycles. The monoisotopic (exact) mass is 478 g/mol. The molecule has 0 spiro atoms. The number of rotatable bonds is 4. The lowest BCUT2D eigenvalue weighted by molar-refractivity contribution is -0.127. The van der Waals surface area contributed by atoms with Crippen molar-refractivity contribution in [3.05, 3.63) is 96.3 Å². The van der Waals surface area contributed by atoms with Gasteiger partial charge in [-0.25, -0.2) is 8.78 Å². The molecule has 35 heavy (non-hydrogen) atoms. The molecule has 0 aliphatic carbocycles. The standard InChI is InChI=1S/C28H19F5N2/c1-27(29,30)20-8-6-19(7-9-20)22-13-15-35-26-24(22)11-10-23-21(12-14-34-25(23)26)18-4-2-17(3-5-18)16-28(31,32)33/h2-15H,16H2,1H3. The minimum Gasteiger partial charge on any atom is -0.254 e. The molecule has 0 fully saturated rings. The molecule has 0 atom stereocenters. The third kappa shape index (κ3) is 4.58. The van der Waals surface area contributed by atoms with Gasteiger partial charge in [-0.2, -0.15) is 13.2 Å².